The third kappa shape index (κ3) is 3.16. The Balaban J connectivity index is 2.24. The molecule has 0 amide bonds. The molecule has 6 nitrogen and oxygen atoms in total. The van der Waals surface area contributed by atoms with Crippen LogP contribution in [0.5, 0.6) is 0 Å². The Labute approximate surface area is 125 Å². The minimum Gasteiger partial charge on any atom is -0.481 e. The van der Waals surface area contributed by atoms with E-state index in [1.54, 1.807) is 4.68 Å². The zero-order chi connectivity index (χ0) is 14.7. The highest BCUT2D eigenvalue weighted by Crippen LogP contribution is 2.35. The molecule has 0 saturated carbocycles. The average molecular weight is 315 g/mol. The third-order valence-corrected chi connectivity index (χ3v) is 4.80. The minimum absolute atomic E-state index is 0.00501. The van der Waals surface area contributed by atoms with Crippen LogP contribution < -0.4 is 0 Å². The standard InChI is InChI=1S/C12H15ClN4O2S/c1-3-8(4-9(18)19)5-17-12(14-15-16-17)11-10(13)7(2)6-20-11/h6,8H,3-5H2,1-2H3,(H,18,19). The van der Waals surface area contributed by atoms with Gasteiger partial charge in [0.05, 0.1) is 9.90 Å². The molecule has 0 aliphatic rings. The largest absolute Gasteiger partial charge is 0.481 e. The summed E-state index contributed by atoms with van der Waals surface area (Å²) in [5.41, 5.74) is 0.985. The van der Waals surface area contributed by atoms with Crippen LogP contribution in [0.1, 0.15) is 25.3 Å². The van der Waals surface area contributed by atoms with Gasteiger partial charge in [0.15, 0.2) is 5.82 Å². The number of carboxylic acid groups (broad SMARTS) is 1. The van der Waals surface area contributed by atoms with Gasteiger partial charge in [-0.2, -0.15) is 0 Å². The molecule has 0 aromatic carbocycles. The fraction of sp³-hybridized carbons (Fsp3) is 0.500. The number of aliphatic carboxylic acids is 1. The fourth-order valence-corrected chi connectivity index (χ4v) is 3.17. The van der Waals surface area contributed by atoms with Crippen LogP contribution in [-0.2, 0) is 11.3 Å². The van der Waals surface area contributed by atoms with Gasteiger partial charge in [-0.1, -0.05) is 24.9 Å². The van der Waals surface area contributed by atoms with Gasteiger partial charge >= 0.3 is 5.97 Å². The Kier molecular flexibility index (Phi) is 4.72. The van der Waals surface area contributed by atoms with Gasteiger partial charge < -0.3 is 5.11 Å². The van der Waals surface area contributed by atoms with Gasteiger partial charge in [0, 0.05) is 13.0 Å². The van der Waals surface area contributed by atoms with E-state index < -0.39 is 5.97 Å². The van der Waals surface area contributed by atoms with E-state index in [-0.39, 0.29) is 12.3 Å². The molecule has 2 aromatic heterocycles. The van der Waals surface area contributed by atoms with Gasteiger partial charge in [-0.05, 0) is 34.2 Å². The van der Waals surface area contributed by atoms with E-state index in [0.717, 1.165) is 16.9 Å². The number of hydrogen-bond donors (Lipinski definition) is 1. The molecular formula is C12H15ClN4O2S. The maximum atomic E-state index is 10.8. The first-order chi connectivity index (χ1) is 9.52. The highest BCUT2D eigenvalue weighted by Gasteiger charge is 2.19. The number of carbonyl (C=O) groups is 1. The number of aromatic nitrogens is 4. The summed E-state index contributed by atoms with van der Waals surface area (Å²) in [5, 5.41) is 23.1. The molecule has 8 heteroatoms. The lowest BCUT2D eigenvalue weighted by Gasteiger charge is -2.12. The molecule has 108 valence electrons. The van der Waals surface area contributed by atoms with Crippen molar-refractivity contribution in [3.05, 3.63) is 16.0 Å². The fourth-order valence-electron chi connectivity index (χ4n) is 1.90. The number of aryl methyl sites for hydroxylation is 1. The monoisotopic (exact) mass is 314 g/mol. The Bertz CT molecular complexity index is 610. The second-order valence-electron chi connectivity index (χ2n) is 4.62. The number of carboxylic acids is 1. The summed E-state index contributed by atoms with van der Waals surface area (Å²) >= 11 is 7.72. The van der Waals surface area contributed by atoms with Crippen LogP contribution in [0.2, 0.25) is 5.02 Å². The molecule has 0 radical (unpaired) electrons. The van der Waals surface area contributed by atoms with Crippen LogP contribution in [0.4, 0.5) is 0 Å². The summed E-state index contributed by atoms with van der Waals surface area (Å²) in [7, 11) is 0. The predicted molar refractivity (Wildman–Crippen MR) is 76.9 cm³/mol. The molecule has 0 saturated heterocycles. The van der Waals surface area contributed by atoms with Crippen molar-refractivity contribution in [3.63, 3.8) is 0 Å². The second kappa shape index (κ2) is 6.32. The summed E-state index contributed by atoms with van der Waals surface area (Å²) < 4.78 is 1.63. The second-order valence-corrected chi connectivity index (χ2v) is 5.88. The summed E-state index contributed by atoms with van der Waals surface area (Å²) in [4.78, 5) is 11.6. The topological polar surface area (TPSA) is 80.9 Å². The van der Waals surface area contributed by atoms with E-state index in [1.807, 2.05) is 19.2 Å². The number of halogens is 1. The first-order valence-corrected chi connectivity index (χ1v) is 7.50. The van der Waals surface area contributed by atoms with Crippen molar-refractivity contribution in [3.8, 4) is 10.7 Å². The lowest BCUT2D eigenvalue weighted by atomic mass is 10.0. The lowest BCUT2D eigenvalue weighted by Crippen LogP contribution is -2.16. The predicted octanol–water partition coefficient (Wildman–Crippen LogP) is 2.86. The lowest BCUT2D eigenvalue weighted by molar-refractivity contribution is -0.138. The van der Waals surface area contributed by atoms with Crippen LogP contribution >= 0.6 is 22.9 Å². The van der Waals surface area contributed by atoms with Crippen molar-refractivity contribution >= 4 is 28.9 Å². The van der Waals surface area contributed by atoms with Crippen molar-refractivity contribution in [2.75, 3.05) is 0 Å². The van der Waals surface area contributed by atoms with Crippen molar-refractivity contribution in [1.29, 1.82) is 0 Å². The number of rotatable bonds is 6. The van der Waals surface area contributed by atoms with Crippen LogP contribution in [0.15, 0.2) is 5.38 Å². The maximum Gasteiger partial charge on any atom is 0.303 e. The molecule has 1 atom stereocenters. The zero-order valence-corrected chi connectivity index (χ0v) is 12.8. The molecule has 0 aliphatic heterocycles. The van der Waals surface area contributed by atoms with Crippen molar-refractivity contribution in [2.45, 2.75) is 33.2 Å². The minimum atomic E-state index is -0.809. The van der Waals surface area contributed by atoms with Crippen molar-refractivity contribution in [2.24, 2.45) is 5.92 Å². The molecule has 0 aliphatic carbocycles. The van der Waals surface area contributed by atoms with Crippen LogP contribution in [0.25, 0.3) is 10.7 Å². The number of nitrogens with zero attached hydrogens (tertiary/aromatic N) is 4. The molecule has 2 aromatic rings. The summed E-state index contributed by atoms with van der Waals surface area (Å²) in [6.45, 7) is 4.36. The summed E-state index contributed by atoms with van der Waals surface area (Å²) in [6, 6.07) is 0. The highest BCUT2D eigenvalue weighted by atomic mass is 35.5. The number of thiophene rings is 1. The zero-order valence-electron chi connectivity index (χ0n) is 11.2. The van der Waals surface area contributed by atoms with E-state index >= 15 is 0 Å². The Morgan fingerprint density at radius 1 is 1.60 bits per heavy atom. The van der Waals surface area contributed by atoms with E-state index in [1.165, 1.54) is 11.3 Å². The first-order valence-electron chi connectivity index (χ1n) is 6.24. The third-order valence-electron chi connectivity index (χ3n) is 3.11. The first kappa shape index (κ1) is 14.9. The quantitative estimate of drug-likeness (QED) is 0.886. The van der Waals surface area contributed by atoms with Gasteiger partial charge in [-0.25, -0.2) is 4.68 Å². The van der Waals surface area contributed by atoms with Crippen LogP contribution in [0.3, 0.4) is 0 Å². The number of hydrogen-bond acceptors (Lipinski definition) is 5. The molecule has 2 heterocycles. The smallest absolute Gasteiger partial charge is 0.303 e. The van der Waals surface area contributed by atoms with Crippen LogP contribution in [0, 0.1) is 12.8 Å². The van der Waals surface area contributed by atoms with Crippen LogP contribution in [-0.4, -0.2) is 31.3 Å². The van der Waals surface area contributed by atoms with E-state index in [2.05, 4.69) is 15.5 Å². The van der Waals surface area contributed by atoms with E-state index in [4.69, 9.17) is 16.7 Å². The van der Waals surface area contributed by atoms with E-state index in [9.17, 15) is 4.79 Å². The molecule has 1 N–H and O–H groups in total. The summed E-state index contributed by atoms with van der Waals surface area (Å²) in [6.07, 6.45) is 0.857. The SMILES string of the molecule is CCC(CC(=O)O)Cn1nnnc1-c1scc(C)c1Cl. The van der Waals surface area contributed by atoms with Gasteiger partial charge in [0.2, 0.25) is 0 Å². The van der Waals surface area contributed by atoms with E-state index in [0.29, 0.717) is 17.4 Å². The molecule has 2 rings (SSSR count). The van der Waals surface area contributed by atoms with Gasteiger partial charge in [0.25, 0.3) is 0 Å². The highest BCUT2D eigenvalue weighted by molar-refractivity contribution is 7.14. The molecule has 20 heavy (non-hydrogen) atoms. The van der Waals surface area contributed by atoms with Gasteiger partial charge in [-0.15, -0.1) is 16.4 Å². The Morgan fingerprint density at radius 3 is 2.90 bits per heavy atom. The maximum absolute atomic E-state index is 10.8. The Morgan fingerprint density at radius 2 is 2.35 bits per heavy atom. The molecule has 0 spiro atoms. The molecule has 0 bridgehead atoms. The summed E-state index contributed by atoms with van der Waals surface area (Å²) in [5.74, 6) is -0.219. The van der Waals surface area contributed by atoms with Gasteiger partial charge in [0.1, 0.15) is 0 Å². The number of tetrazole rings is 1. The molecular weight excluding hydrogens is 300 g/mol. The average Bonchev–Trinajstić information content (AvgIpc) is 2.97. The molecule has 1 unspecified atom stereocenters. The normalized spacial score (nSPS) is 12.6. The van der Waals surface area contributed by atoms with Gasteiger partial charge in [-0.3, -0.25) is 4.79 Å². The van der Waals surface area contributed by atoms with Crippen molar-refractivity contribution < 1.29 is 9.90 Å². The Hall–Kier alpha value is -1.47. The molecule has 0 fully saturated rings. The van der Waals surface area contributed by atoms with Crippen molar-refractivity contribution in [1.82, 2.24) is 20.2 Å².